The first kappa shape index (κ1) is 24.2. The molecule has 2 aliphatic rings. The van der Waals surface area contributed by atoms with Gasteiger partial charge in [0.1, 0.15) is 23.3 Å². The van der Waals surface area contributed by atoms with E-state index in [1.165, 1.54) is 102 Å². The van der Waals surface area contributed by atoms with Gasteiger partial charge in [0.2, 0.25) is 0 Å². The third kappa shape index (κ3) is 7.30. The highest BCUT2D eigenvalue weighted by atomic mass is 19.1. The Morgan fingerprint density at radius 3 is 1.74 bits per heavy atom. The van der Waals surface area contributed by atoms with Crippen molar-refractivity contribution in [1.82, 2.24) is 0 Å². The molecular formula is C28H41F2N. The van der Waals surface area contributed by atoms with Gasteiger partial charge in [-0.1, -0.05) is 84.0 Å². The van der Waals surface area contributed by atoms with Crippen LogP contribution in [-0.2, 0) is 0 Å². The molecule has 0 heterocycles. The molecule has 0 aromatic heterocycles. The Kier molecular flexibility index (Phi) is 9.82. The van der Waals surface area contributed by atoms with Crippen LogP contribution in [0.25, 0.3) is 0 Å². The summed E-state index contributed by atoms with van der Waals surface area (Å²) in [5.74, 6) is 1.51. The van der Waals surface area contributed by atoms with Crippen molar-refractivity contribution in [3.63, 3.8) is 0 Å². The highest BCUT2D eigenvalue weighted by Crippen LogP contribution is 2.40. The van der Waals surface area contributed by atoms with Gasteiger partial charge in [0.15, 0.2) is 0 Å². The first-order chi connectivity index (χ1) is 15.1. The van der Waals surface area contributed by atoms with Crippen molar-refractivity contribution < 1.29 is 8.78 Å². The summed E-state index contributed by atoms with van der Waals surface area (Å²) >= 11 is 0. The minimum atomic E-state index is -0.712. The molecule has 31 heavy (non-hydrogen) atoms. The molecule has 2 aliphatic carbocycles. The molecule has 0 N–H and O–H groups in total. The molecule has 1 aromatic carbocycles. The van der Waals surface area contributed by atoms with E-state index in [-0.39, 0.29) is 5.92 Å². The molecule has 3 rings (SSSR count). The minimum Gasteiger partial charge on any atom is -0.205 e. The van der Waals surface area contributed by atoms with Crippen molar-refractivity contribution in [2.24, 2.45) is 17.8 Å². The second-order valence-corrected chi connectivity index (χ2v) is 10.4. The second-order valence-electron chi connectivity index (χ2n) is 10.4. The monoisotopic (exact) mass is 429 g/mol. The largest absolute Gasteiger partial charge is 0.205 e. The number of nitrogens with zero attached hydrogens (tertiary/aromatic N) is 1. The van der Waals surface area contributed by atoms with Gasteiger partial charge in [0.05, 0.1) is 0 Å². The molecule has 0 spiro atoms. The fourth-order valence-corrected chi connectivity index (χ4v) is 6.04. The van der Waals surface area contributed by atoms with E-state index in [1.54, 1.807) is 6.07 Å². The number of rotatable bonds is 10. The number of unbranched alkanes of at least 4 members (excludes halogenated alkanes) is 4. The SMILES string of the molecule is CCCCCCC[C@H]1CC[C@H](CC[C@H]2CC[C@H](c3cc(F)c(C#N)c(F)c3)CC2)CC1. The molecule has 0 amide bonds. The zero-order valence-corrected chi connectivity index (χ0v) is 19.5. The van der Waals surface area contributed by atoms with E-state index in [0.717, 1.165) is 36.2 Å². The van der Waals surface area contributed by atoms with Gasteiger partial charge >= 0.3 is 0 Å². The topological polar surface area (TPSA) is 23.8 Å². The van der Waals surface area contributed by atoms with E-state index in [0.29, 0.717) is 0 Å². The Morgan fingerprint density at radius 1 is 0.742 bits per heavy atom. The van der Waals surface area contributed by atoms with Crippen LogP contribution in [0, 0.1) is 40.7 Å². The van der Waals surface area contributed by atoms with Gasteiger partial charge in [0, 0.05) is 0 Å². The quantitative estimate of drug-likeness (QED) is 0.340. The van der Waals surface area contributed by atoms with Crippen LogP contribution >= 0.6 is 0 Å². The molecule has 0 unspecified atom stereocenters. The summed E-state index contributed by atoms with van der Waals surface area (Å²) in [7, 11) is 0. The predicted molar refractivity (Wildman–Crippen MR) is 124 cm³/mol. The third-order valence-corrected chi connectivity index (χ3v) is 8.16. The van der Waals surface area contributed by atoms with Crippen LogP contribution in [0.15, 0.2) is 12.1 Å². The van der Waals surface area contributed by atoms with E-state index in [2.05, 4.69) is 6.92 Å². The summed E-state index contributed by atoms with van der Waals surface area (Å²) in [5.41, 5.74) is 0.282. The van der Waals surface area contributed by atoms with Gasteiger partial charge in [-0.3, -0.25) is 0 Å². The number of nitriles is 1. The van der Waals surface area contributed by atoms with Crippen LogP contribution in [0.2, 0.25) is 0 Å². The summed E-state index contributed by atoms with van der Waals surface area (Å²) in [6.07, 6.45) is 21.3. The smallest absolute Gasteiger partial charge is 0.144 e. The van der Waals surface area contributed by atoms with Crippen LogP contribution in [0.3, 0.4) is 0 Å². The summed E-state index contributed by atoms with van der Waals surface area (Å²) in [5, 5.41) is 8.85. The molecule has 2 fully saturated rings. The van der Waals surface area contributed by atoms with Crippen molar-refractivity contribution in [3.8, 4) is 6.07 Å². The molecule has 3 heteroatoms. The predicted octanol–water partition coefficient (Wildman–Crippen LogP) is 9.06. The van der Waals surface area contributed by atoms with E-state index in [9.17, 15) is 8.78 Å². The zero-order chi connectivity index (χ0) is 22.1. The minimum absolute atomic E-state index is 0.237. The molecule has 0 saturated heterocycles. The van der Waals surface area contributed by atoms with Gasteiger partial charge in [-0.05, 0) is 67.1 Å². The lowest BCUT2D eigenvalue weighted by Gasteiger charge is -2.32. The fraction of sp³-hybridized carbons (Fsp3) is 0.750. The first-order valence-electron chi connectivity index (χ1n) is 13.0. The maximum Gasteiger partial charge on any atom is 0.144 e. The van der Waals surface area contributed by atoms with Crippen LogP contribution in [-0.4, -0.2) is 0 Å². The van der Waals surface area contributed by atoms with Crippen LogP contribution in [0.4, 0.5) is 8.78 Å². The Morgan fingerprint density at radius 2 is 1.23 bits per heavy atom. The van der Waals surface area contributed by atoms with Crippen molar-refractivity contribution >= 4 is 0 Å². The molecule has 0 bridgehead atoms. The van der Waals surface area contributed by atoms with E-state index in [4.69, 9.17) is 5.26 Å². The third-order valence-electron chi connectivity index (χ3n) is 8.16. The van der Waals surface area contributed by atoms with Crippen molar-refractivity contribution in [2.45, 2.75) is 116 Å². The molecule has 1 nitrogen and oxygen atoms in total. The number of hydrogen-bond donors (Lipinski definition) is 0. The molecule has 0 aliphatic heterocycles. The van der Waals surface area contributed by atoms with Gasteiger partial charge in [-0.2, -0.15) is 5.26 Å². The van der Waals surface area contributed by atoms with Gasteiger partial charge < -0.3 is 0 Å². The van der Waals surface area contributed by atoms with Crippen molar-refractivity contribution in [2.75, 3.05) is 0 Å². The number of halogens is 2. The Bertz CT molecular complexity index is 683. The lowest BCUT2D eigenvalue weighted by molar-refractivity contribution is 0.222. The van der Waals surface area contributed by atoms with Gasteiger partial charge in [-0.25, -0.2) is 8.78 Å². The normalized spacial score (nSPS) is 26.5. The molecule has 0 radical (unpaired) electrons. The molecule has 2 saturated carbocycles. The summed E-state index contributed by atoms with van der Waals surface area (Å²) in [6, 6.07) is 4.39. The maximum atomic E-state index is 14.0. The number of benzene rings is 1. The van der Waals surface area contributed by atoms with Crippen molar-refractivity contribution in [1.29, 1.82) is 5.26 Å². The molecule has 172 valence electrons. The highest BCUT2D eigenvalue weighted by molar-refractivity contribution is 5.36. The summed E-state index contributed by atoms with van der Waals surface area (Å²) in [6.45, 7) is 2.28. The van der Waals surface area contributed by atoms with E-state index in [1.807, 2.05) is 0 Å². The Labute approximate surface area is 188 Å². The molecular weight excluding hydrogens is 388 g/mol. The second kappa shape index (κ2) is 12.6. The van der Waals surface area contributed by atoms with E-state index >= 15 is 0 Å². The van der Waals surface area contributed by atoms with Crippen LogP contribution < -0.4 is 0 Å². The van der Waals surface area contributed by atoms with Crippen LogP contribution in [0.1, 0.15) is 127 Å². The summed E-state index contributed by atoms with van der Waals surface area (Å²) in [4.78, 5) is 0. The maximum absolute atomic E-state index is 14.0. The Hall–Kier alpha value is -1.43. The molecule has 0 atom stereocenters. The fourth-order valence-electron chi connectivity index (χ4n) is 6.04. The molecule has 1 aromatic rings. The van der Waals surface area contributed by atoms with Crippen molar-refractivity contribution in [3.05, 3.63) is 34.9 Å². The standard InChI is InChI=1S/C28H41F2N/c1-2-3-4-5-6-7-21-8-10-22(11-9-21)12-13-23-14-16-24(17-15-23)25-18-27(29)26(20-31)28(30)19-25/h18-19,21-24H,2-17H2,1H3/t21-,22-,23-,24-. The Balaban J connectivity index is 1.32. The van der Waals surface area contributed by atoms with Gasteiger partial charge in [0.25, 0.3) is 0 Å². The lowest BCUT2D eigenvalue weighted by Crippen LogP contribution is -2.18. The van der Waals surface area contributed by atoms with Crippen LogP contribution in [0.5, 0.6) is 0 Å². The highest BCUT2D eigenvalue weighted by Gasteiger charge is 2.26. The average molecular weight is 430 g/mol. The summed E-state index contributed by atoms with van der Waals surface area (Å²) < 4.78 is 27.9. The van der Waals surface area contributed by atoms with Gasteiger partial charge in [-0.15, -0.1) is 0 Å². The zero-order valence-electron chi connectivity index (χ0n) is 19.5. The lowest BCUT2D eigenvalue weighted by atomic mass is 9.74. The first-order valence-corrected chi connectivity index (χ1v) is 13.0. The number of hydrogen-bond acceptors (Lipinski definition) is 1. The average Bonchev–Trinajstić information content (AvgIpc) is 2.78. The van der Waals surface area contributed by atoms with E-state index < -0.39 is 17.2 Å².